The minimum Gasteiger partial charge on any atom is -0.311 e. The van der Waals surface area contributed by atoms with E-state index in [-0.39, 0.29) is 12.4 Å². The second-order valence-electron chi connectivity index (χ2n) is 26.2. The van der Waals surface area contributed by atoms with Crippen molar-refractivity contribution in [2.24, 2.45) is 0 Å². The Kier molecular flexibility index (Phi) is 14.7. The molecule has 0 saturated heterocycles. The fourth-order valence-corrected chi connectivity index (χ4v) is 17.3. The zero-order chi connectivity index (χ0) is 68.0. The number of anilines is 15. The maximum Gasteiger partial charge on any atom is 0.418 e. The molecule has 5 nitrogen and oxygen atoms in total. The summed E-state index contributed by atoms with van der Waals surface area (Å²) in [5.41, 5.74) is 23.8. The Morgan fingerprint density at radius 1 is 0.265 bits per heavy atom. The monoisotopic (exact) mass is 1330 g/mol. The van der Waals surface area contributed by atoms with E-state index in [9.17, 15) is 0 Å². The molecule has 11 heteroatoms. The van der Waals surface area contributed by atoms with Crippen LogP contribution in [0.1, 0.15) is 5.56 Å². The lowest BCUT2D eigenvalue weighted by atomic mass is 9.31. The number of alkyl halides is 3. The first kappa shape index (κ1) is 60.7. The summed E-state index contributed by atoms with van der Waals surface area (Å²) in [5, 5.41) is 0. The van der Waals surface area contributed by atoms with Crippen molar-refractivity contribution in [1.29, 1.82) is 0 Å². The van der Waals surface area contributed by atoms with Gasteiger partial charge < -0.3 is 24.5 Å². The van der Waals surface area contributed by atoms with Crippen LogP contribution in [-0.4, -0.2) is 13.4 Å². The zero-order valence-corrected chi connectivity index (χ0v) is 55.9. The average molecular weight is 1330 g/mol. The van der Waals surface area contributed by atoms with E-state index >= 15 is 13.2 Å². The summed E-state index contributed by atoms with van der Waals surface area (Å²) < 4.78 is 50.9. The highest BCUT2D eigenvalue weighted by atomic mass is 32.2. The summed E-state index contributed by atoms with van der Waals surface area (Å²) in [5.74, 6) is 0. The molecular formula is C91H60B2F3N5S. The van der Waals surface area contributed by atoms with Gasteiger partial charge in [0.1, 0.15) is 0 Å². The van der Waals surface area contributed by atoms with Crippen LogP contribution in [0.25, 0.3) is 33.4 Å². The minimum atomic E-state index is -4.79. The van der Waals surface area contributed by atoms with E-state index in [2.05, 4.69) is 280 Å². The molecular weight excluding hydrogens is 1270 g/mol. The summed E-state index contributed by atoms with van der Waals surface area (Å²) in [6.07, 6.45) is -4.79. The number of rotatable bonds is 12. The van der Waals surface area contributed by atoms with Crippen LogP contribution in [0.5, 0.6) is 0 Å². The number of fused-ring (bicyclic) bond motifs is 8. The van der Waals surface area contributed by atoms with Crippen LogP contribution in [0.15, 0.2) is 374 Å². The van der Waals surface area contributed by atoms with E-state index in [1.165, 1.54) is 6.07 Å². The first-order chi connectivity index (χ1) is 50.3. The fourth-order valence-electron chi connectivity index (χ4n) is 16.1. The topological polar surface area (TPSA) is 16.2 Å². The number of hydrogen-bond acceptors (Lipinski definition) is 6. The van der Waals surface area contributed by atoms with Crippen LogP contribution in [-0.2, 0) is 6.18 Å². The van der Waals surface area contributed by atoms with E-state index in [0.29, 0.717) is 22.5 Å². The molecule has 4 heterocycles. The highest BCUT2D eigenvalue weighted by molar-refractivity contribution is 8.00. The molecule has 0 atom stereocenters. The molecule has 15 aromatic carbocycles. The molecule has 0 aliphatic carbocycles. The van der Waals surface area contributed by atoms with Gasteiger partial charge in [-0.25, -0.2) is 0 Å². The van der Waals surface area contributed by atoms with Gasteiger partial charge in [-0.3, -0.25) is 0 Å². The maximum atomic E-state index is 17.0. The molecule has 0 fully saturated rings. The van der Waals surface area contributed by atoms with E-state index < -0.39 is 18.5 Å². The van der Waals surface area contributed by atoms with Gasteiger partial charge in [0.05, 0.1) is 16.9 Å². The molecule has 0 aromatic heterocycles. The molecule has 0 amide bonds. The Bertz CT molecular complexity index is 5560. The number of benzene rings is 15. The SMILES string of the molecule is FC(F)(F)c1cccc(-c2ccccc2)c1N1c2cc3c(cc2B2c4ccccc4N(c4ccccc4)c4cc(N(c5ccccc5)c5ccccc5)cc1c42)B1c2ccccc2N(c2ccccc2)c2cc(N(c4ccc(-c5ccccc5)cc4)c4ccc(-c5ccccc5)cc4)cc(c21)S3. The Morgan fingerprint density at radius 2 is 0.657 bits per heavy atom. The van der Waals surface area contributed by atoms with Crippen LogP contribution < -0.4 is 57.3 Å². The van der Waals surface area contributed by atoms with Crippen molar-refractivity contribution in [3.8, 4) is 33.4 Å². The highest BCUT2D eigenvalue weighted by Crippen LogP contribution is 2.55. The number of nitrogens with zero attached hydrogens (tertiary/aromatic N) is 5. The van der Waals surface area contributed by atoms with Gasteiger partial charge in [0.15, 0.2) is 0 Å². The van der Waals surface area contributed by atoms with Crippen LogP contribution in [0, 0.1) is 0 Å². The molecule has 4 aliphatic heterocycles. The molecule has 102 heavy (non-hydrogen) atoms. The molecule has 0 saturated carbocycles. The fraction of sp³-hybridized carbons (Fsp3) is 0.0110. The highest BCUT2D eigenvalue weighted by Gasteiger charge is 2.49. The van der Waals surface area contributed by atoms with Crippen molar-refractivity contribution in [3.63, 3.8) is 0 Å². The van der Waals surface area contributed by atoms with Gasteiger partial charge in [0, 0.05) is 89.3 Å². The third-order valence-corrected chi connectivity index (χ3v) is 21.6. The predicted octanol–water partition coefficient (Wildman–Crippen LogP) is 21.5. The largest absolute Gasteiger partial charge is 0.418 e. The van der Waals surface area contributed by atoms with Crippen LogP contribution in [0.2, 0.25) is 0 Å². The second kappa shape index (κ2) is 24.8. The third-order valence-electron chi connectivity index (χ3n) is 20.4. The van der Waals surface area contributed by atoms with Crippen molar-refractivity contribution >= 4 is 143 Å². The normalized spacial score (nSPS) is 12.9. The molecule has 4 aliphatic rings. The summed E-state index contributed by atoms with van der Waals surface area (Å²) in [4.78, 5) is 13.3. The van der Waals surface area contributed by atoms with Crippen LogP contribution in [0.4, 0.5) is 98.5 Å². The third kappa shape index (κ3) is 10.2. The Labute approximate surface area is 596 Å². The van der Waals surface area contributed by atoms with E-state index in [4.69, 9.17) is 0 Å². The van der Waals surface area contributed by atoms with Gasteiger partial charge in [-0.05, 0) is 176 Å². The van der Waals surface area contributed by atoms with Crippen molar-refractivity contribution in [1.82, 2.24) is 0 Å². The zero-order valence-electron chi connectivity index (χ0n) is 55.1. The van der Waals surface area contributed by atoms with Gasteiger partial charge in [0.25, 0.3) is 6.71 Å². The lowest BCUT2D eigenvalue weighted by molar-refractivity contribution is -0.137. The van der Waals surface area contributed by atoms with Gasteiger partial charge >= 0.3 is 6.18 Å². The molecule has 0 radical (unpaired) electrons. The Morgan fingerprint density at radius 3 is 1.15 bits per heavy atom. The van der Waals surface area contributed by atoms with Crippen molar-refractivity contribution < 1.29 is 13.2 Å². The van der Waals surface area contributed by atoms with Crippen LogP contribution in [0.3, 0.4) is 0 Å². The standard InChI is InChI=1S/C91H60B2F3N5S/c94-91(95,96)75-42-26-41-74(65-31-12-3-13-32-65)90(75)101-82-60-86-79(59-78(82)92-76-43-22-24-45-80(76)99(68-37-18-6-19-38-68)83-55-72(56-84(101)88(83)92)97(66-33-14-4-15-34-66)67-35-16-5-17-36-67)93-77-44-23-25-46-81(77)100(69-39-20-7-21-40-69)85-57-73(58-87(102-86)89(85)93)98(70-51-47-63(48-52-70)61-27-8-1-9-28-61)71-53-49-64(50-54-71)62-29-10-2-11-30-62/h1-60H. The van der Waals surface area contributed by atoms with E-state index in [1.807, 2.05) is 95.9 Å². The van der Waals surface area contributed by atoms with E-state index in [1.54, 1.807) is 17.8 Å². The molecule has 0 spiro atoms. The van der Waals surface area contributed by atoms with Gasteiger partial charge in [-0.1, -0.05) is 260 Å². The van der Waals surface area contributed by atoms with E-state index in [0.717, 1.165) is 133 Å². The summed E-state index contributed by atoms with van der Waals surface area (Å²) >= 11 is 1.70. The quantitative estimate of drug-likeness (QED) is 0.113. The van der Waals surface area contributed by atoms with Gasteiger partial charge in [0.2, 0.25) is 6.71 Å². The predicted molar refractivity (Wildman–Crippen MR) is 421 cm³/mol. The molecule has 0 N–H and O–H groups in total. The minimum absolute atomic E-state index is 0.0470. The van der Waals surface area contributed by atoms with Gasteiger partial charge in [-0.15, -0.1) is 0 Å². The Hall–Kier alpha value is -12.4. The summed E-state index contributed by atoms with van der Waals surface area (Å²) in [6, 6.07) is 126. The van der Waals surface area contributed by atoms with Crippen LogP contribution >= 0.6 is 11.8 Å². The first-order valence-electron chi connectivity index (χ1n) is 34.4. The summed E-state index contributed by atoms with van der Waals surface area (Å²) in [6.45, 7) is -0.769. The first-order valence-corrected chi connectivity index (χ1v) is 35.3. The molecule has 15 aromatic rings. The van der Waals surface area contributed by atoms with Crippen molar-refractivity contribution in [2.75, 3.05) is 24.5 Å². The number of hydrogen-bond donors (Lipinski definition) is 0. The molecule has 0 unspecified atom stereocenters. The van der Waals surface area contributed by atoms with Crippen molar-refractivity contribution in [3.05, 3.63) is 370 Å². The number of halogens is 3. The van der Waals surface area contributed by atoms with Crippen molar-refractivity contribution in [2.45, 2.75) is 16.0 Å². The maximum absolute atomic E-state index is 17.0. The lowest BCUT2D eigenvalue weighted by Crippen LogP contribution is -2.64. The number of para-hydroxylation sites is 7. The smallest absolute Gasteiger partial charge is 0.311 e. The Balaban J connectivity index is 0.902. The summed E-state index contributed by atoms with van der Waals surface area (Å²) in [7, 11) is 0. The lowest BCUT2D eigenvalue weighted by Gasteiger charge is -2.46. The molecule has 482 valence electrons. The molecule has 0 bridgehead atoms. The second-order valence-corrected chi connectivity index (χ2v) is 27.3. The molecule has 19 rings (SSSR count). The van der Waals surface area contributed by atoms with Gasteiger partial charge in [-0.2, -0.15) is 13.2 Å². The average Bonchev–Trinajstić information content (AvgIpc) is 0.686.